The molecule has 13 atom stereocenters. The zero-order chi connectivity index (χ0) is 90.0. The molecule has 0 spiro atoms. The third kappa shape index (κ3) is 38.3. The number of esters is 2. The van der Waals surface area contributed by atoms with Crippen molar-refractivity contribution >= 4 is 140 Å². The number of nitrogens with one attached hydrogen (secondary N) is 6. The standard InChI is InChI=1S/C81H113N9O28S3/c1-9-16-72(103)116-44-90(76(106)57(47(5)10-2)39-65(96)62-19-14-15-30-89(62)8)63(46(3)4)40-67(118-49(7)92)75-86-61(43-119-75)74(105)83-54(34-51-20-22-55(93)23-21-51)33-48(6)66(97)41-82-81(114)115-31-32-120-121-42-53(77(107)108)37-64(95)60(35-50-17-12-11-13-18-50)85-73(104)52(38-71(101)102)36-56(94)24-25-58(78(109)110)84-68(98)27-26-59(79(111)112)87-80(113)88-69(117-45-91)28-29-70(99)100/h11-13,17-18,20-23,43,45-48,52-54,57-60,62-63,67,69,93H,9-10,14-16,19,24-42,44H2,1-8H3,(H,82,114)(H,83,105)(H,84,98)(H,85,104)(H,99,100)(H,101,102)(H,107,108)(H,109,110)(H,111,112)(H2,87,88,113)/t47?,48-,52-,53+,54+,57-,58-,59-,60+,62+,63+,67+,69+/m0/s1. The Morgan fingerprint density at radius 3 is 1.97 bits per heavy atom. The Kier molecular flexibility index (Phi) is 45.8. The molecule has 37 nitrogen and oxygen atoms in total. The van der Waals surface area contributed by atoms with E-state index in [9.17, 15) is 107 Å². The van der Waals surface area contributed by atoms with Crippen molar-refractivity contribution in [3.63, 3.8) is 0 Å². The molecule has 121 heavy (non-hydrogen) atoms. The summed E-state index contributed by atoms with van der Waals surface area (Å²) in [6, 6.07) is 6.22. The van der Waals surface area contributed by atoms with Gasteiger partial charge in [0.2, 0.25) is 17.7 Å². The number of Topliss-reactive ketones (excluding diaryl/α,β-unsaturated/α-hetero) is 4. The molecule has 0 bridgehead atoms. The molecule has 7 amide bonds. The minimum atomic E-state index is -1.78. The van der Waals surface area contributed by atoms with Gasteiger partial charge < -0.3 is 86.4 Å². The first-order valence-electron chi connectivity index (χ1n) is 39.9. The van der Waals surface area contributed by atoms with E-state index in [-0.39, 0.29) is 110 Å². The van der Waals surface area contributed by atoms with Gasteiger partial charge in [-0.05, 0) is 100 Å². The van der Waals surface area contributed by atoms with Gasteiger partial charge in [-0.2, -0.15) is 0 Å². The Hall–Kier alpha value is -10.6. The van der Waals surface area contributed by atoms with Crippen LogP contribution in [0.1, 0.15) is 197 Å². The van der Waals surface area contributed by atoms with Crippen LogP contribution < -0.4 is 31.9 Å². The number of amides is 7. The number of aliphatic carboxylic acids is 5. The van der Waals surface area contributed by atoms with Crippen molar-refractivity contribution in [3.8, 4) is 5.75 Å². The van der Waals surface area contributed by atoms with Crippen molar-refractivity contribution in [2.75, 3.05) is 45.0 Å². The number of piperidine rings is 1. The minimum absolute atomic E-state index is 0.0179. The number of carbonyl (C=O) groups is 18. The highest BCUT2D eigenvalue weighted by Gasteiger charge is 2.41. The second-order valence-corrected chi connectivity index (χ2v) is 33.5. The molecule has 4 rings (SSSR count). The van der Waals surface area contributed by atoms with Crippen molar-refractivity contribution in [2.45, 2.75) is 225 Å². The van der Waals surface area contributed by atoms with Crippen LogP contribution in [0.25, 0.3) is 0 Å². The van der Waals surface area contributed by atoms with E-state index in [1.165, 1.54) is 29.3 Å². The number of carboxylic acids is 5. The van der Waals surface area contributed by atoms with E-state index in [1.54, 1.807) is 49.4 Å². The van der Waals surface area contributed by atoms with Crippen molar-refractivity contribution < 1.29 is 136 Å². The fraction of sp³-hybridized carbons (Fsp3) is 0.593. The molecular formula is C81H113N9O28S3. The van der Waals surface area contributed by atoms with Crippen LogP contribution in [0.2, 0.25) is 0 Å². The van der Waals surface area contributed by atoms with Gasteiger partial charge in [0.15, 0.2) is 36.4 Å². The highest BCUT2D eigenvalue weighted by atomic mass is 33.1. The smallest absolute Gasteiger partial charge is 0.407 e. The number of likely N-dealkylation sites (N-methyl/N-ethyl adjacent to an activating group) is 1. The molecule has 1 aliphatic rings. The number of ketones is 4. The van der Waals surface area contributed by atoms with Gasteiger partial charge in [-0.3, -0.25) is 72.0 Å². The number of carbonyl (C=O) groups excluding carboxylic acids is 13. The van der Waals surface area contributed by atoms with Crippen molar-refractivity contribution in [1.29, 1.82) is 0 Å². The number of ether oxygens (including phenoxy) is 4. The maximum Gasteiger partial charge on any atom is 0.407 e. The summed E-state index contributed by atoms with van der Waals surface area (Å²) in [5.41, 5.74) is 1.10. The lowest BCUT2D eigenvalue weighted by molar-refractivity contribution is -0.162. The molecule has 1 saturated heterocycles. The average Bonchev–Trinajstić information content (AvgIpc) is 1.80. The zero-order valence-electron chi connectivity index (χ0n) is 69.0. The molecule has 3 aromatic rings. The van der Waals surface area contributed by atoms with Gasteiger partial charge in [-0.15, -0.1) is 11.3 Å². The maximum atomic E-state index is 15.1. The number of benzene rings is 2. The molecule has 0 saturated carbocycles. The Bertz CT molecular complexity index is 4000. The highest BCUT2D eigenvalue weighted by molar-refractivity contribution is 8.76. The first-order valence-corrected chi connectivity index (χ1v) is 43.2. The fourth-order valence-corrected chi connectivity index (χ4v) is 16.2. The minimum Gasteiger partial charge on any atom is -0.508 e. The molecule has 0 aliphatic carbocycles. The summed E-state index contributed by atoms with van der Waals surface area (Å²) in [6.07, 6.45) is -5.90. The molecule has 1 aromatic heterocycles. The van der Waals surface area contributed by atoms with E-state index in [0.29, 0.717) is 30.4 Å². The monoisotopic (exact) mass is 1760 g/mol. The zero-order valence-corrected chi connectivity index (χ0v) is 71.5. The maximum absolute atomic E-state index is 15.1. The number of hydrogen-bond donors (Lipinski definition) is 12. The highest BCUT2D eigenvalue weighted by Crippen LogP contribution is 2.35. The lowest BCUT2D eigenvalue weighted by Gasteiger charge is -2.39. The lowest BCUT2D eigenvalue weighted by atomic mass is 9.82. The fourth-order valence-electron chi connectivity index (χ4n) is 13.2. The number of hydrogen-bond acceptors (Lipinski definition) is 28. The number of phenolic OH excluding ortho intramolecular Hbond substituents is 1. The van der Waals surface area contributed by atoms with E-state index < -0.39 is 226 Å². The number of aromatic hydroxyl groups is 1. The number of aromatic nitrogens is 1. The molecule has 2 aromatic carbocycles. The summed E-state index contributed by atoms with van der Waals surface area (Å²) < 4.78 is 21.5. The van der Waals surface area contributed by atoms with E-state index in [0.717, 1.165) is 52.3 Å². The summed E-state index contributed by atoms with van der Waals surface area (Å²) in [5, 5.41) is 74.3. The number of nitrogens with zero attached hydrogens (tertiary/aromatic N) is 3. The molecular weight excluding hydrogens is 1640 g/mol. The topological polar surface area (TPSA) is 557 Å². The molecule has 1 unspecified atom stereocenters. The number of likely N-dealkylation sites (tertiary alicyclic amines) is 1. The van der Waals surface area contributed by atoms with Crippen LogP contribution in [0.3, 0.4) is 0 Å². The van der Waals surface area contributed by atoms with Gasteiger partial charge in [0.05, 0.1) is 43.3 Å². The van der Waals surface area contributed by atoms with Gasteiger partial charge in [0.25, 0.3) is 12.4 Å². The van der Waals surface area contributed by atoms with Crippen LogP contribution in [0, 0.1) is 35.5 Å². The number of urea groups is 1. The van der Waals surface area contributed by atoms with Crippen LogP contribution in [0.15, 0.2) is 60.0 Å². The van der Waals surface area contributed by atoms with E-state index >= 15 is 4.79 Å². The third-order valence-corrected chi connectivity index (χ3v) is 23.6. The molecule has 12 N–H and O–H groups in total. The SMILES string of the molecule is CCCC(=O)OCN(C(=O)[C@@H](CC(=O)[C@H]1CCCCN1C)C(C)CC)[C@H](C[C@@H](OC(C)=O)c1nc(C(=O)N[C@@H](Cc2ccc(O)cc2)C[C@H](C)C(=O)CNC(=O)OCCSSC[C@@H](CC(=O)[C@@H](Cc2ccccc2)NC(=O)[C@H](CC(=O)O)CC(=O)CC[C@H](NC(=O)CC[C@H](NC(=O)N[C@@H](CCC(=O)O)OC=O)C(=O)O)C(=O)O)C(=O)O)cs1)C(C)C. The predicted octanol–water partition coefficient (Wildman–Crippen LogP) is 6.83. The summed E-state index contributed by atoms with van der Waals surface area (Å²) in [4.78, 5) is 241. The van der Waals surface area contributed by atoms with E-state index in [2.05, 4.69) is 36.3 Å². The van der Waals surface area contributed by atoms with Crippen LogP contribution >= 0.6 is 32.9 Å². The number of rotatable bonds is 59. The van der Waals surface area contributed by atoms with Gasteiger partial charge in [0.1, 0.15) is 40.9 Å². The van der Waals surface area contributed by atoms with Crippen molar-refractivity contribution in [3.05, 3.63) is 81.8 Å². The predicted molar refractivity (Wildman–Crippen MR) is 439 cm³/mol. The average molecular weight is 1760 g/mol. The van der Waals surface area contributed by atoms with Crippen LogP contribution in [0.4, 0.5) is 9.59 Å². The molecule has 1 fully saturated rings. The van der Waals surface area contributed by atoms with Gasteiger partial charge >= 0.3 is 53.9 Å². The number of alkyl carbamates (subject to hydrolysis) is 1. The summed E-state index contributed by atoms with van der Waals surface area (Å²) >= 11 is 1.03. The molecule has 2 heterocycles. The second kappa shape index (κ2) is 53.9. The number of thiazole rings is 1. The van der Waals surface area contributed by atoms with Gasteiger partial charge in [0, 0.05) is 99.1 Å². The quantitative estimate of drug-likeness (QED) is 0.00687. The van der Waals surface area contributed by atoms with Gasteiger partial charge in [-0.25, -0.2) is 24.2 Å². The molecule has 40 heteroatoms. The molecule has 0 radical (unpaired) electrons. The first-order chi connectivity index (χ1) is 57.3. The van der Waals surface area contributed by atoms with E-state index in [1.807, 2.05) is 51.9 Å². The summed E-state index contributed by atoms with van der Waals surface area (Å²) in [7, 11) is 4.00. The Morgan fingerprint density at radius 1 is 0.686 bits per heavy atom. The third-order valence-electron chi connectivity index (χ3n) is 20.2. The second-order valence-electron chi connectivity index (χ2n) is 30.0. The molecule has 1 aliphatic heterocycles. The van der Waals surface area contributed by atoms with Crippen LogP contribution in [-0.4, -0.2) is 240 Å². The normalized spacial score (nSPS) is 15.6. The van der Waals surface area contributed by atoms with E-state index in [4.69, 9.17) is 19.3 Å². The largest absolute Gasteiger partial charge is 0.508 e. The summed E-state index contributed by atoms with van der Waals surface area (Å²) in [5.74, 6) is -19.4. The lowest BCUT2D eigenvalue weighted by Crippen LogP contribution is -2.50. The summed E-state index contributed by atoms with van der Waals surface area (Å²) in [6.45, 7) is 11.7. The Balaban J connectivity index is 1.36. The Morgan fingerprint density at radius 2 is 1.36 bits per heavy atom. The number of carboxylic acid groups (broad SMARTS) is 5. The number of phenols is 1. The molecule has 668 valence electrons. The van der Waals surface area contributed by atoms with Crippen molar-refractivity contribution in [1.82, 2.24) is 46.7 Å². The van der Waals surface area contributed by atoms with Crippen LogP contribution in [-0.2, 0) is 104 Å². The van der Waals surface area contributed by atoms with Crippen molar-refractivity contribution in [2.24, 2.45) is 35.5 Å². The Labute approximate surface area is 712 Å². The van der Waals surface area contributed by atoms with Crippen LogP contribution in [0.5, 0.6) is 5.75 Å². The first kappa shape index (κ1) is 103. The van der Waals surface area contributed by atoms with Gasteiger partial charge in [-0.1, -0.05) is 118 Å².